The number of hydrogen-bond acceptors (Lipinski definition) is 2. The third-order valence-corrected chi connectivity index (χ3v) is 3.56. The van der Waals surface area contributed by atoms with Gasteiger partial charge in [-0.15, -0.1) is 0 Å². The molecular weight excluding hydrogens is 184 g/mol. The van der Waals surface area contributed by atoms with Gasteiger partial charge in [0.1, 0.15) is 5.82 Å². The lowest BCUT2D eigenvalue weighted by atomic mass is 9.88. The van der Waals surface area contributed by atoms with Crippen molar-refractivity contribution < 1.29 is 0 Å². The quantitative estimate of drug-likeness (QED) is 0.756. The van der Waals surface area contributed by atoms with Crippen LogP contribution in [0.1, 0.15) is 43.8 Å². The van der Waals surface area contributed by atoms with E-state index < -0.39 is 0 Å². The van der Waals surface area contributed by atoms with E-state index in [2.05, 4.69) is 23.8 Å². The van der Waals surface area contributed by atoms with Gasteiger partial charge in [0.05, 0.1) is 0 Å². The maximum atomic E-state index is 4.54. The molecule has 1 aliphatic rings. The molecule has 0 saturated carbocycles. The van der Waals surface area contributed by atoms with E-state index in [-0.39, 0.29) is 0 Å². The van der Waals surface area contributed by atoms with Crippen LogP contribution < -0.4 is 0 Å². The Morgan fingerprint density at radius 2 is 2.27 bits per heavy atom. The van der Waals surface area contributed by atoms with Gasteiger partial charge in [-0.25, -0.2) is 9.97 Å². The molecule has 0 aromatic carbocycles. The number of rotatable bonds is 3. The molecule has 2 rings (SSSR count). The van der Waals surface area contributed by atoms with Gasteiger partial charge < -0.3 is 0 Å². The summed E-state index contributed by atoms with van der Waals surface area (Å²) in [6.45, 7) is 6.62. The van der Waals surface area contributed by atoms with Crippen LogP contribution in [0.25, 0.3) is 0 Å². The van der Waals surface area contributed by atoms with E-state index in [0.29, 0.717) is 0 Å². The Morgan fingerprint density at radius 3 is 3.00 bits per heavy atom. The molecule has 0 saturated heterocycles. The molecule has 2 atom stereocenters. The Hall–Kier alpha value is -0.920. The predicted molar refractivity (Wildman–Crippen MR) is 61.7 cm³/mol. The van der Waals surface area contributed by atoms with Gasteiger partial charge in [-0.2, -0.15) is 0 Å². The summed E-state index contributed by atoms with van der Waals surface area (Å²) < 4.78 is 0. The highest BCUT2D eigenvalue weighted by Crippen LogP contribution is 2.31. The normalized spacial score (nSPS) is 21.4. The van der Waals surface area contributed by atoms with E-state index in [1.807, 2.05) is 13.1 Å². The second-order valence-electron chi connectivity index (χ2n) is 4.82. The molecule has 2 heteroatoms. The van der Waals surface area contributed by atoms with E-state index in [1.165, 1.54) is 36.9 Å². The monoisotopic (exact) mass is 204 g/mol. The van der Waals surface area contributed by atoms with E-state index in [0.717, 1.165) is 17.7 Å². The number of fused-ring (bicyclic) bond motifs is 1. The Balaban J connectivity index is 2.08. The molecule has 2 unspecified atom stereocenters. The van der Waals surface area contributed by atoms with Gasteiger partial charge in [0.25, 0.3) is 0 Å². The van der Waals surface area contributed by atoms with E-state index in [1.54, 1.807) is 0 Å². The van der Waals surface area contributed by atoms with Gasteiger partial charge in [0.15, 0.2) is 0 Å². The Labute approximate surface area is 92.1 Å². The molecular formula is C13H20N2. The lowest BCUT2D eigenvalue weighted by molar-refractivity contribution is 0.347. The van der Waals surface area contributed by atoms with E-state index in [9.17, 15) is 0 Å². The maximum Gasteiger partial charge on any atom is 0.125 e. The van der Waals surface area contributed by atoms with Crippen LogP contribution in [-0.2, 0) is 12.8 Å². The van der Waals surface area contributed by atoms with Crippen molar-refractivity contribution in [1.29, 1.82) is 0 Å². The molecule has 1 aromatic rings. The minimum atomic E-state index is 0.802. The average molecular weight is 204 g/mol. The Kier molecular flexibility index (Phi) is 3.03. The summed E-state index contributed by atoms with van der Waals surface area (Å²) in [4.78, 5) is 8.81. The fourth-order valence-electron chi connectivity index (χ4n) is 2.59. The molecule has 1 heterocycles. The van der Waals surface area contributed by atoms with Crippen molar-refractivity contribution in [3.05, 3.63) is 23.3 Å². The summed E-state index contributed by atoms with van der Waals surface area (Å²) in [7, 11) is 0. The summed E-state index contributed by atoms with van der Waals surface area (Å²) >= 11 is 0. The van der Waals surface area contributed by atoms with Crippen LogP contribution in [0.15, 0.2) is 6.20 Å². The lowest BCUT2D eigenvalue weighted by Crippen LogP contribution is -2.11. The van der Waals surface area contributed by atoms with Gasteiger partial charge in [-0.3, -0.25) is 0 Å². The van der Waals surface area contributed by atoms with Crippen LogP contribution in [0.2, 0.25) is 0 Å². The summed E-state index contributed by atoms with van der Waals surface area (Å²) in [6.07, 6.45) is 7.01. The van der Waals surface area contributed by atoms with Crippen molar-refractivity contribution in [2.24, 2.45) is 11.8 Å². The second kappa shape index (κ2) is 4.30. The number of nitrogens with zero attached hydrogens (tertiary/aromatic N) is 2. The van der Waals surface area contributed by atoms with E-state index in [4.69, 9.17) is 0 Å². The van der Waals surface area contributed by atoms with Gasteiger partial charge in [-0.1, -0.05) is 26.7 Å². The fourth-order valence-corrected chi connectivity index (χ4v) is 2.59. The largest absolute Gasteiger partial charge is 0.241 e. The molecule has 0 bridgehead atoms. The van der Waals surface area contributed by atoms with Crippen molar-refractivity contribution >= 4 is 0 Å². The Morgan fingerprint density at radius 1 is 1.47 bits per heavy atom. The summed E-state index contributed by atoms with van der Waals surface area (Å²) in [6, 6.07) is 0. The van der Waals surface area contributed by atoms with Crippen molar-refractivity contribution in [3.63, 3.8) is 0 Å². The molecule has 2 nitrogen and oxygen atoms in total. The van der Waals surface area contributed by atoms with E-state index >= 15 is 0 Å². The minimum Gasteiger partial charge on any atom is -0.241 e. The zero-order valence-corrected chi connectivity index (χ0v) is 9.95. The summed E-state index contributed by atoms with van der Waals surface area (Å²) in [5.74, 6) is 2.54. The smallest absolute Gasteiger partial charge is 0.125 e. The molecule has 0 fully saturated rings. The van der Waals surface area contributed by atoms with Crippen molar-refractivity contribution in [3.8, 4) is 0 Å². The van der Waals surface area contributed by atoms with Crippen LogP contribution in [0.3, 0.4) is 0 Å². The first-order valence-corrected chi connectivity index (χ1v) is 6.02. The molecule has 0 radical (unpaired) electrons. The first-order valence-electron chi connectivity index (χ1n) is 6.02. The van der Waals surface area contributed by atoms with Gasteiger partial charge in [0.2, 0.25) is 0 Å². The SMILES string of the molecule is CCCC(C)C1Cc2cnc(C)nc2C1. The Bertz CT molecular complexity index is 346. The van der Waals surface area contributed by atoms with Crippen LogP contribution in [0.5, 0.6) is 0 Å². The van der Waals surface area contributed by atoms with Gasteiger partial charge >= 0.3 is 0 Å². The maximum absolute atomic E-state index is 4.54. The van der Waals surface area contributed by atoms with Crippen LogP contribution in [-0.4, -0.2) is 9.97 Å². The number of aromatic nitrogens is 2. The van der Waals surface area contributed by atoms with Crippen molar-refractivity contribution in [1.82, 2.24) is 9.97 Å². The van der Waals surface area contributed by atoms with Crippen molar-refractivity contribution in [2.45, 2.75) is 46.5 Å². The lowest BCUT2D eigenvalue weighted by Gasteiger charge is -2.17. The predicted octanol–water partition coefficient (Wildman–Crippen LogP) is 2.94. The number of hydrogen-bond donors (Lipinski definition) is 0. The first-order chi connectivity index (χ1) is 7.20. The van der Waals surface area contributed by atoms with Crippen LogP contribution in [0, 0.1) is 18.8 Å². The summed E-state index contributed by atoms with van der Waals surface area (Å²) in [5, 5.41) is 0. The minimum absolute atomic E-state index is 0.802. The molecule has 0 amide bonds. The highest BCUT2D eigenvalue weighted by Gasteiger charge is 2.26. The second-order valence-corrected chi connectivity index (χ2v) is 4.82. The molecule has 82 valence electrons. The highest BCUT2D eigenvalue weighted by molar-refractivity contribution is 5.24. The number of aryl methyl sites for hydroxylation is 1. The molecule has 15 heavy (non-hydrogen) atoms. The molecule has 0 N–H and O–H groups in total. The van der Waals surface area contributed by atoms with Crippen LogP contribution >= 0.6 is 0 Å². The fraction of sp³-hybridized carbons (Fsp3) is 0.692. The summed E-state index contributed by atoms with van der Waals surface area (Å²) in [5.41, 5.74) is 2.68. The first kappa shape index (κ1) is 10.6. The zero-order chi connectivity index (χ0) is 10.8. The molecule has 0 spiro atoms. The van der Waals surface area contributed by atoms with Crippen molar-refractivity contribution in [2.75, 3.05) is 0 Å². The average Bonchev–Trinajstić information content (AvgIpc) is 2.60. The third-order valence-electron chi connectivity index (χ3n) is 3.56. The molecule has 1 aromatic heterocycles. The molecule has 0 aliphatic heterocycles. The third kappa shape index (κ3) is 2.19. The van der Waals surface area contributed by atoms with Crippen LogP contribution in [0.4, 0.5) is 0 Å². The zero-order valence-electron chi connectivity index (χ0n) is 9.95. The highest BCUT2D eigenvalue weighted by atomic mass is 14.9. The standard InChI is InChI=1S/C13H20N2/c1-4-5-9(2)11-6-12-8-14-10(3)15-13(12)7-11/h8-9,11H,4-7H2,1-3H3. The molecule has 1 aliphatic carbocycles. The topological polar surface area (TPSA) is 25.8 Å². The van der Waals surface area contributed by atoms with Gasteiger partial charge in [-0.05, 0) is 37.2 Å². The van der Waals surface area contributed by atoms with Gasteiger partial charge in [0, 0.05) is 11.9 Å².